The molecule has 1 heterocycles. The minimum absolute atomic E-state index is 0. The predicted molar refractivity (Wildman–Crippen MR) is 136 cm³/mol. The first-order valence-corrected chi connectivity index (χ1v) is 12.0. The fourth-order valence-electron chi connectivity index (χ4n) is 3.23. The van der Waals surface area contributed by atoms with E-state index in [1.165, 1.54) is 0 Å². The van der Waals surface area contributed by atoms with E-state index in [2.05, 4.69) is 32.7 Å². The second-order valence-electron chi connectivity index (χ2n) is 8.32. The molecule has 0 saturated carbocycles. The number of anilines is 1. The van der Waals surface area contributed by atoms with Gasteiger partial charge in [-0.25, -0.2) is 8.42 Å². The Labute approximate surface area is 199 Å². The minimum atomic E-state index is -3.18. The molecule has 1 aliphatic rings. The van der Waals surface area contributed by atoms with Gasteiger partial charge in [-0.15, -0.1) is 24.0 Å². The number of rotatable bonds is 7. The molecule has 2 rings (SSSR count). The molecule has 1 aliphatic heterocycles. The lowest BCUT2D eigenvalue weighted by atomic mass is 10.0. The SMILES string of the molecule is CCNC(=NCCS(=O)(=O)C(C)(C)C)NC1CCCN(c2cccc(OC)c2)C1.I. The van der Waals surface area contributed by atoms with Gasteiger partial charge < -0.3 is 20.3 Å². The van der Waals surface area contributed by atoms with E-state index in [4.69, 9.17) is 4.74 Å². The lowest BCUT2D eigenvalue weighted by Gasteiger charge is -2.35. The Morgan fingerprint density at radius 1 is 1.33 bits per heavy atom. The third-order valence-corrected chi connectivity index (χ3v) is 7.67. The number of hydrogen-bond donors (Lipinski definition) is 2. The molecule has 1 unspecified atom stereocenters. The Bertz CT molecular complexity index is 794. The maximum absolute atomic E-state index is 12.3. The van der Waals surface area contributed by atoms with Crippen LogP contribution in [0.2, 0.25) is 0 Å². The van der Waals surface area contributed by atoms with Gasteiger partial charge in [0, 0.05) is 37.4 Å². The third kappa shape index (κ3) is 7.79. The van der Waals surface area contributed by atoms with Gasteiger partial charge in [0.1, 0.15) is 5.75 Å². The number of methoxy groups -OCH3 is 1. The lowest BCUT2D eigenvalue weighted by Crippen LogP contribution is -2.51. The van der Waals surface area contributed by atoms with Crippen LogP contribution in [0.25, 0.3) is 0 Å². The van der Waals surface area contributed by atoms with Crippen molar-refractivity contribution in [2.45, 2.75) is 51.3 Å². The van der Waals surface area contributed by atoms with Crippen LogP contribution in [0.3, 0.4) is 0 Å². The van der Waals surface area contributed by atoms with Crippen molar-refractivity contribution >= 4 is 45.5 Å². The van der Waals surface area contributed by atoms with Crippen LogP contribution in [0.5, 0.6) is 5.75 Å². The normalized spacial score (nSPS) is 17.8. The second kappa shape index (κ2) is 12.0. The average Bonchev–Trinajstić information content (AvgIpc) is 2.67. The van der Waals surface area contributed by atoms with Crippen molar-refractivity contribution in [2.75, 3.05) is 43.9 Å². The van der Waals surface area contributed by atoms with E-state index in [0.717, 1.165) is 43.9 Å². The van der Waals surface area contributed by atoms with E-state index >= 15 is 0 Å². The molecule has 1 aromatic carbocycles. The highest BCUT2D eigenvalue weighted by molar-refractivity contribution is 14.0. The van der Waals surface area contributed by atoms with Crippen LogP contribution in [0, 0.1) is 0 Å². The number of nitrogens with zero attached hydrogens (tertiary/aromatic N) is 2. The first kappa shape index (κ1) is 26.8. The Morgan fingerprint density at radius 3 is 2.70 bits per heavy atom. The Morgan fingerprint density at radius 2 is 2.07 bits per heavy atom. The van der Waals surface area contributed by atoms with Crippen molar-refractivity contribution in [3.05, 3.63) is 24.3 Å². The van der Waals surface area contributed by atoms with Gasteiger partial charge in [0.15, 0.2) is 15.8 Å². The third-order valence-electron chi connectivity index (χ3n) is 5.09. The van der Waals surface area contributed by atoms with Crippen molar-refractivity contribution in [3.8, 4) is 5.75 Å². The van der Waals surface area contributed by atoms with Gasteiger partial charge in [0.05, 0.1) is 24.2 Å². The van der Waals surface area contributed by atoms with Crippen molar-refractivity contribution in [3.63, 3.8) is 0 Å². The number of hydrogen-bond acceptors (Lipinski definition) is 5. The summed E-state index contributed by atoms with van der Waals surface area (Å²) in [5.74, 6) is 1.58. The average molecular weight is 553 g/mol. The molecule has 2 N–H and O–H groups in total. The predicted octanol–water partition coefficient (Wildman–Crippen LogP) is 3.05. The quantitative estimate of drug-likeness (QED) is 0.308. The molecule has 1 fully saturated rings. The van der Waals surface area contributed by atoms with E-state index < -0.39 is 14.6 Å². The maximum Gasteiger partial charge on any atom is 0.191 e. The van der Waals surface area contributed by atoms with Gasteiger partial charge in [0.25, 0.3) is 0 Å². The molecule has 1 aromatic rings. The fourth-order valence-corrected chi connectivity index (χ4v) is 4.18. The van der Waals surface area contributed by atoms with Crippen molar-refractivity contribution in [1.29, 1.82) is 0 Å². The molecule has 0 bridgehead atoms. The number of sulfone groups is 1. The highest BCUT2D eigenvalue weighted by atomic mass is 127. The lowest BCUT2D eigenvalue weighted by molar-refractivity contribution is 0.414. The summed E-state index contributed by atoms with van der Waals surface area (Å²) in [4.78, 5) is 6.85. The molecule has 0 spiro atoms. The fraction of sp³-hybridized carbons (Fsp3) is 0.667. The van der Waals surface area contributed by atoms with E-state index in [0.29, 0.717) is 5.96 Å². The standard InChI is InChI=1S/C21H36N4O3S.HI/c1-6-22-20(23-12-14-29(26,27)21(2,3)4)24-17-9-8-13-25(16-17)18-10-7-11-19(15-18)28-5;/h7,10-11,15,17H,6,8-9,12-14,16H2,1-5H3,(H2,22,23,24);1H. The van der Waals surface area contributed by atoms with Crippen molar-refractivity contribution in [2.24, 2.45) is 4.99 Å². The number of aliphatic imine (C=N–C) groups is 1. The highest BCUT2D eigenvalue weighted by Gasteiger charge is 2.28. The van der Waals surface area contributed by atoms with Crippen LogP contribution >= 0.6 is 24.0 Å². The zero-order chi connectivity index (χ0) is 21.5. The zero-order valence-corrected chi connectivity index (χ0v) is 21.9. The molecule has 9 heteroatoms. The van der Waals surface area contributed by atoms with Gasteiger partial charge in [-0.05, 0) is 52.7 Å². The first-order chi connectivity index (χ1) is 13.7. The molecule has 0 aliphatic carbocycles. The largest absolute Gasteiger partial charge is 0.497 e. The van der Waals surface area contributed by atoms with Gasteiger partial charge >= 0.3 is 0 Å². The number of ether oxygens (including phenoxy) is 1. The number of piperidine rings is 1. The van der Waals surface area contributed by atoms with E-state index in [-0.39, 0.29) is 42.3 Å². The summed E-state index contributed by atoms with van der Waals surface area (Å²) in [5, 5.41) is 6.71. The topological polar surface area (TPSA) is 83.0 Å². The number of nitrogens with one attached hydrogen (secondary N) is 2. The van der Waals surface area contributed by atoms with Gasteiger partial charge in [-0.3, -0.25) is 4.99 Å². The molecule has 0 amide bonds. The molecule has 7 nitrogen and oxygen atoms in total. The summed E-state index contributed by atoms with van der Waals surface area (Å²) in [5.41, 5.74) is 1.15. The Hall–Kier alpha value is -1.23. The van der Waals surface area contributed by atoms with Crippen LogP contribution in [0.4, 0.5) is 5.69 Å². The summed E-state index contributed by atoms with van der Waals surface area (Å²) < 4.78 is 29.2. The summed E-state index contributed by atoms with van der Waals surface area (Å²) in [6, 6.07) is 8.35. The molecule has 172 valence electrons. The molecule has 0 aromatic heterocycles. The molecular formula is C21H37IN4O3S. The van der Waals surface area contributed by atoms with Crippen LogP contribution in [0.1, 0.15) is 40.5 Å². The van der Waals surface area contributed by atoms with Gasteiger partial charge in [-0.2, -0.15) is 0 Å². The molecule has 30 heavy (non-hydrogen) atoms. The molecule has 1 saturated heterocycles. The zero-order valence-electron chi connectivity index (χ0n) is 18.8. The summed E-state index contributed by atoms with van der Waals surface area (Å²) >= 11 is 0. The van der Waals surface area contributed by atoms with E-state index in [1.807, 2.05) is 19.1 Å². The van der Waals surface area contributed by atoms with Crippen LogP contribution in [-0.2, 0) is 9.84 Å². The van der Waals surface area contributed by atoms with Gasteiger partial charge in [-0.1, -0.05) is 6.07 Å². The second-order valence-corrected chi connectivity index (χ2v) is 11.2. The van der Waals surface area contributed by atoms with Crippen molar-refractivity contribution in [1.82, 2.24) is 10.6 Å². The number of halogens is 1. The number of benzene rings is 1. The maximum atomic E-state index is 12.3. The van der Waals surface area contributed by atoms with Crippen LogP contribution in [0.15, 0.2) is 29.3 Å². The van der Waals surface area contributed by atoms with Crippen molar-refractivity contribution < 1.29 is 13.2 Å². The smallest absolute Gasteiger partial charge is 0.191 e. The summed E-state index contributed by atoms with van der Waals surface area (Å²) in [6.45, 7) is 10.0. The number of guanidine groups is 1. The summed E-state index contributed by atoms with van der Waals surface area (Å²) in [6.07, 6.45) is 2.12. The molecule has 1 atom stereocenters. The molecule has 0 radical (unpaired) electrons. The van der Waals surface area contributed by atoms with Crippen LogP contribution < -0.4 is 20.3 Å². The van der Waals surface area contributed by atoms with E-state index in [9.17, 15) is 8.42 Å². The monoisotopic (exact) mass is 552 g/mol. The highest BCUT2D eigenvalue weighted by Crippen LogP contribution is 2.24. The Balaban J connectivity index is 0.00000450. The first-order valence-electron chi connectivity index (χ1n) is 10.3. The van der Waals surface area contributed by atoms with Crippen LogP contribution in [-0.4, -0.2) is 64.2 Å². The minimum Gasteiger partial charge on any atom is -0.497 e. The Kier molecular flexibility index (Phi) is 10.7. The van der Waals surface area contributed by atoms with Gasteiger partial charge in [0.2, 0.25) is 0 Å². The van der Waals surface area contributed by atoms with E-state index in [1.54, 1.807) is 27.9 Å². The molecular weight excluding hydrogens is 515 g/mol. The summed E-state index contributed by atoms with van der Waals surface area (Å²) in [7, 11) is -1.50.